The summed E-state index contributed by atoms with van der Waals surface area (Å²) >= 11 is 0. The molecule has 2 nitrogen and oxygen atoms in total. The molecule has 0 aliphatic rings. The molecule has 1 aromatic rings. The van der Waals surface area contributed by atoms with Crippen LogP contribution < -0.4 is 0 Å². The van der Waals surface area contributed by atoms with Crippen LogP contribution in [0.15, 0.2) is 30.3 Å². The number of nitrogens with zero attached hydrogens (tertiary/aromatic N) is 1. The van der Waals surface area contributed by atoms with E-state index in [-0.39, 0.29) is 11.5 Å². The monoisotopic (exact) mass is 249 g/mol. The van der Waals surface area contributed by atoms with Gasteiger partial charge in [0.25, 0.3) is 0 Å². The van der Waals surface area contributed by atoms with Gasteiger partial charge >= 0.3 is 0 Å². The van der Waals surface area contributed by atoms with E-state index in [2.05, 4.69) is 56.9 Å². The van der Waals surface area contributed by atoms with E-state index in [1.54, 1.807) is 0 Å². The van der Waals surface area contributed by atoms with Crippen LogP contribution in [-0.2, 0) is 6.54 Å². The third-order valence-electron chi connectivity index (χ3n) is 3.70. The Morgan fingerprint density at radius 2 is 1.67 bits per heavy atom. The summed E-state index contributed by atoms with van der Waals surface area (Å²) in [6, 6.07) is 11.0. The van der Waals surface area contributed by atoms with Crippen molar-refractivity contribution in [2.75, 3.05) is 6.54 Å². The lowest BCUT2D eigenvalue weighted by Crippen LogP contribution is -2.43. The maximum absolute atomic E-state index is 9.85. The van der Waals surface area contributed by atoms with Gasteiger partial charge in [0.2, 0.25) is 0 Å². The van der Waals surface area contributed by atoms with E-state index in [1.807, 2.05) is 13.0 Å². The number of rotatable bonds is 6. The molecule has 102 valence electrons. The lowest BCUT2D eigenvalue weighted by molar-refractivity contribution is 0.0233. The molecule has 0 aliphatic carbocycles. The Hall–Kier alpha value is -0.860. The molecule has 0 heterocycles. The quantitative estimate of drug-likeness (QED) is 0.836. The number of aliphatic hydroxyl groups is 1. The molecule has 1 atom stereocenters. The summed E-state index contributed by atoms with van der Waals surface area (Å²) in [6.45, 7) is 12.4. The van der Waals surface area contributed by atoms with Crippen molar-refractivity contribution in [3.05, 3.63) is 35.9 Å². The zero-order chi connectivity index (χ0) is 13.8. The molecule has 0 spiro atoms. The summed E-state index contributed by atoms with van der Waals surface area (Å²) in [5.74, 6) is 0. The van der Waals surface area contributed by atoms with Gasteiger partial charge < -0.3 is 5.11 Å². The summed E-state index contributed by atoms with van der Waals surface area (Å²) in [7, 11) is 0. The lowest BCUT2D eigenvalue weighted by atomic mass is 9.86. The molecule has 0 fully saturated rings. The van der Waals surface area contributed by atoms with Crippen LogP contribution in [0, 0.1) is 5.41 Å². The largest absolute Gasteiger partial charge is 0.393 e. The second kappa shape index (κ2) is 6.35. The summed E-state index contributed by atoms with van der Waals surface area (Å²) in [4.78, 5) is 2.42. The fourth-order valence-electron chi connectivity index (χ4n) is 1.89. The molecule has 0 amide bonds. The Bertz CT molecular complexity index is 343. The molecule has 0 aliphatic heterocycles. The zero-order valence-corrected chi connectivity index (χ0v) is 12.4. The van der Waals surface area contributed by atoms with Crippen molar-refractivity contribution in [3.8, 4) is 0 Å². The summed E-state index contributed by atoms with van der Waals surface area (Å²) in [6.07, 6.45) is -0.297. The lowest BCUT2D eigenvalue weighted by Gasteiger charge is -2.37. The van der Waals surface area contributed by atoms with Crippen molar-refractivity contribution in [1.29, 1.82) is 0 Å². The third kappa shape index (κ3) is 4.43. The second-order valence-corrected chi connectivity index (χ2v) is 6.15. The number of hydrogen-bond acceptors (Lipinski definition) is 2. The molecule has 0 saturated heterocycles. The van der Waals surface area contributed by atoms with Crippen LogP contribution in [0.3, 0.4) is 0 Å². The molecule has 0 radical (unpaired) electrons. The maximum Gasteiger partial charge on any atom is 0.0575 e. The van der Waals surface area contributed by atoms with Crippen LogP contribution in [0.5, 0.6) is 0 Å². The van der Waals surface area contributed by atoms with Crippen molar-refractivity contribution < 1.29 is 5.11 Å². The Balaban J connectivity index is 2.73. The van der Waals surface area contributed by atoms with Gasteiger partial charge in [0, 0.05) is 24.5 Å². The van der Waals surface area contributed by atoms with E-state index in [0.717, 1.165) is 13.1 Å². The van der Waals surface area contributed by atoms with Crippen LogP contribution in [0.4, 0.5) is 0 Å². The molecule has 1 unspecified atom stereocenters. The van der Waals surface area contributed by atoms with Gasteiger partial charge in [-0.2, -0.15) is 0 Å². The molecule has 18 heavy (non-hydrogen) atoms. The Morgan fingerprint density at radius 1 is 1.11 bits per heavy atom. The fourth-order valence-corrected chi connectivity index (χ4v) is 1.89. The molecular weight excluding hydrogens is 222 g/mol. The Morgan fingerprint density at radius 3 is 2.11 bits per heavy atom. The Kier molecular flexibility index (Phi) is 5.36. The minimum absolute atomic E-state index is 0.0843. The summed E-state index contributed by atoms with van der Waals surface area (Å²) < 4.78 is 0. The molecule has 1 N–H and O–H groups in total. The van der Waals surface area contributed by atoms with Gasteiger partial charge in [-0.1, -0.05) is 44.2 Å². The zero-order valence-electron chi connectivity index (χ0n) is 12.4. The number of benzene rings is 1. The van der Waals surface area contributed by atoms with E-state index < -0.39 is 0 Å². The minimum Gasteiger partial charge on any atom is -0.393 e. The first-order chi connectivity index (χ1) is 8.33. The van der Waals surface area contributed by atoms with Gasteiger partial charge in [0.15, 0.2) is 0 Å². The van der Waals surface area contributed by atoms with Gasteiger partial charge in [-0.05, 0) is 26.3 Å². The van der Waals surface area contributed by atoms with Crippen molar-refractivity contribution in [2.45, 2.75) is 53.3 Å². The first-order valence-electron chi connectivity index (χ1n) is 6.79. The predicted octanol–water partition coefficient (Wildman–Crippen LogP) is 3.30. The average molecular weight is 249 g/mol. The smallest absolute Gasteiger partial charge is 0.0575 e. The standard InChI is InChI=1S/C16H27NO/c1-13(2)17(12-16(4,5)14(3)18)11-15-9-7-6-8-10-15/h6-10,13-14,18H,11-12H2,1-5H3. The Labute approximate surface area is 112 Å². The minimum atomic E-state index is -0.297. The van der Waals surface area contributed by atoms with Crippen molar-refractivity contribution >= 4 is 0 Å². The molecule has 1 rings (SSSR count). The van der Waals surface area contributed by atoms with E-state index in [1.165, 1.54) is 5.56 Å². The van der Waals surface area contributed by atoms with Crippen LogP contribution in [0.1, 0.15) is 40.2 Å². The second-order valence-electron chi connectivity index (χ2n) is 6.15. The van der Waals surface area contributed by atoms with E-state index in [9.17, 15) is 5.11 Å². The normalized spacial score (nSPS) is 14.2. The highest BCUT2D eigenvalue weighted by molar-refractivity contribution is 5.14. The van der Waals surface area contributed by atoms with Crippen LogP contribution >= 0.6 is 0 Å². The van der Waals surface area contributed by atoms with Crippen molar-refractivity contribution in [2.24, 2.45) is 5.41 Å². The first-order valence-corrected chi connectivity index (χ1v) is 6.79. The number of aliphatic hydroxyl groups excluding tert-OH is 1. The van der Waals surface area contributed by atoms with E-state index in [0.29, 0.717) is 6.04 Å². The highest BCUT2D eigenvalue weighted by atomic mass is 16.3. The fraction of sp³-hybridized carbons (Fsp3) is 0.625. The predicted molar refractivity (Wildman–Crippen MR) is 77.4 cm³/mol. The van der Waals surface area contributed by atoms with Crippen molar-refractivity contribution in [3.63, 3.8) is 0 Å². The maximum atomic E-state index is 9.85. The van der Waals surface area contributed by atoms with E-state index in [4.69, 9.17) is 0 Å². The van der Waals surface area contributed by atoms with Gasteiger partial charge in [0.05, 0.1) is 6.10 Å². The van der Waals surface area contributed by atoms with Crippen LogP contribution in [-0.4, -0.2) is 28.7 Å². The van der Waals surface area contributed by atoms with Gasteiger partial charge in [0.1, 0.15) is 0 Å². The highest BCUT2D eigenvalue weighted by Crippen LogP contribution is 2.24. The van der Waals surface area contributed by atoms with Gasteiger partial charge in [-0.25, -0.2) is 0 Å². The van der Waals surface area contributed by atoms with E-state index >= 15 is 0 Å². The van der Waals surface area contributed by atoms with Crippen molar-refractivity contribution in [1.82, 2.24) is 4.90 Å². The molecule has 0 bridgehead atoms. The molecule has 0 aromatic heterocycles. The summed E-state index contributed by atoms with van der Waals surface area (Å²) in [5.41, 5.74) is 1.24. The van der Waals surface area contributed by atoms with Crippen LogP contribution in [0.2, 0.25) is 0 Å². The SMILES string of the molecule is CC(C)N(Cc1ccccc1)CC(C)(C)C(C)O. The molecule has 1 aromatic carbocycles. The average Bonchev–Trinajstić information content (AvgIpc) is 2.29. The van der Waals surface area contributed by atoms with Gasteiger partial charge in [-0.3, -0.25) is 4.90 Å². The first kappa shape index (κ1) is 15.2. The summed E-state index contributed by atoms with van der Waals surface area (Å²) in [5, 5.41) is 9.85. The number of hydrogen-bond donors (Lipinski definition) is 1. The highest BCUT2D eigenvalue weighted by Gasteiger charge is 2.28. The molecular formula is C16H27NO. The molecule has 2 heteroatoms. The molecule has 0 saturated carbocycles. The van der Waals surface area contributed by atoms with Gasteiger partial charge in [-0.15, -0.1) is 0 Å². The van der Waals surface area contributed by atoms with Crippen LogP contribution in [0.25, 0.3) is 0 Å². The topological polar surface area (TPSA) is 23.5 Å². The third-order valence-corrected chi connectivity index (χ3v) is 3.70.